The van der Waals surface area contributed by atoms with Gasteiger partial charge in [0.05, 0.1) is 6.54 Å². The van der Waals surface area contributed by atoms with Crippen LogP contribution in [0.3, 0.4) is 0 Å². The third-order valence-electron chi connectivity index (χ3n) is 6.09. The molecule has 1 aromatic heterocycles. The molecule has 4 rings (SSSR count). The van der Waals surface area contributed by atoms with E-state index in [0.29, 0.717) is 24.3 Å². The van der Waals surface area contributed by atoms with Gasteiger partial charge in [0.2, 0.25) is 17.6 Å². The molecule has 0 radical (unpaired) electrons. The second-order valence-electron chi connectivity index (χ2n) is 8.27. The Balaban J connectivity index is 1.24. The van der Waals surface area contributed by atoms with Gasteiger partial charge in [-0.05, 0) is 63.0 Å². The number of hydrogen-bond donors (Lipinski definition) is 1. The molecule has 1 aliphatic carbocycles. The number of halogens is 1. The van der Waals surface area contributed by atoms with Crippen molar-refractivity contribution < 1.29 is 13.7 Å². The standard InChI is InChI=1S/C22H29FN4O2/c23-18-9-7-16(8-10-18)21-25-20(29-26-21)15-27-13-11-17(12-14-27)22(28)24-19-5-3-1-2-4-6-19/h7-10,17,19H,1-6,11-15H2,(H,24,28). The van der Waals surface area contributed by atoms with Crippen LogP contribution in [0.1, 0.15) is 57.3 Å². The number of amides is 1. The van der Waals surface area contributed by atoms with Gasteiger partial charge in [-0.25, -0.2) is 4.39 Å². The van der Waals surface area contributed by atoms with E-state index < -0.39 is 0 Å². The number of likely N-dealkylation sites (tertiary alicyclic amines) is 1. The Morgan fingerprint density at radius 2 is 1.76 bits per heavy atom. The zero-order valence-corrected chi connectivity index (χ0v) is 16.8. The van der Waals surface area contributed by atoms with Crippen LogP contribution in [0.4, 0.5) is 4.39 Å². The minimum atomic E-state index is -0.289. The highest BCUT2D eigenvalue weighted by Gasteiger charge is 2.27. The SMILES string of the molecule is O=C(NC1CCCCCC1)C1CCN(Cc2nc(-c3ccc(F)cc3)no2)CC1. The summed E-state index contributed by atoms with van der Waals surface area (Å²) in [5, 5.41) is 7.29. The first kappa shape index (κ1) is 20.0. The molecule has 1 saturated carbocycles. The van der Waals surface area contributed by atoms with E-state index in [9.17, 15) is 9.18 Å². The lowest BCUT2D eigenvalue weighted by Crippen LogP contribution is -2.43. The van der Waals surface area contributed by atoms with Crippen molar-refractivity contribution in [2.45, 2.75) is 64.0 Å². The van der Waals surface area contributed by atoms with E-state index in [-0.39, 0.29) is 17.6 Å². The van der Waals surface area contributed by atoms with Gasteiger partial charge in [0, 0.05) is 17.5 Å². The predicted octanol–water partition coefficient (Wildman–Crippen LogP) is 3.93. The molecule has 156 valence electrons. The zero-order chi connectivity index (χ0) is 20.1. The fraction of sp³-hybridized carbons (Fsp3) is 0.591. The molecule has 29 heavy (non-hydrogen) atoms. The van der Waals surface area contributed by atoms with Crippen LogP contribution in [0.2, 0.25) is 0 Å². The van der Waals surface area contributed by atoms with Crippen molar-refractivity contribution in [2.75, 3.05) is 13.1 Å². The normalized spacial score (nSPS) is 19.8. The molecule has 2 aromatic rings. The fourth-order valence-corrected chi connectivity index (χ4v) is 4.32. The van der Waals surface area contributed by atoms with Crippen molar-refractivity contribution in [3.8, 4) is 11.4 Å². The first-order valence-corrected chi connectivity index (χ1v) is 10.8. The van der Waals surface area contributed by atoms with Gasteiger partial charge in [-0.1, -0.05) is 30.8 Å². The van der Waals surface area contributed by atoms with E-state index in [2.05, 4.69) is 20.4 Å². The number of piperidine rings is 1. The van der Waals surface area contributed by atoms with E-state index in [1.165, 1.54) is 37.8 Å². The Kier molecular flexibility index (Phi) is 6.54. The summed E-state index contributed by atoms with van der Waals surface area (Å²) < 4.78 is 18.4. The highest BCUT2D eigenvalue weighted by Crippen LogP contribution is 2.22. The van der Waals surface area contributed by atoms with E-state index in [0.717, 1.165) is 44.3 Å². The molecule has 6 nitrogen and oxygen atoms in total. The van der Waals surface area contributed by atoms with Gasteiger partial charge in [0.1, 0.15) is 5.82 Å². The predicted molar refractivity (Wildman–Crippen MR) is 107 cm³/mol. The van der Waals surface area contributed by atoms with Gasteiger partial charge in [0.15, 0.2) is 0 Å². The van der Waals surface area contributed by atoms with E-state index in [1.807, 2.05) is 0 Å². The van der Waals surface area contributed by atoms with Crippen LogP contribution in [0.25, 0.3) is 11.4 Å². The van der Waals surface area contributed by atoms with Gasteiger partial charge >= 0.3 is 0 Å². The first-order valence-electron chi connectivity index (χ1n) is 10.8. The van der Waals surface area contributed by atoms with Crippen LogP contribution < -0.4 is 5.32 Å². The lowest BCUT2D eigenvalue weighted by Gasteiger charge is -2.31. The summed E-state index contributed by atoms with van der Waals surface area (Å²) in [7, 11) is 0. The summed E-state index contributed by atoms with van der Waals surface area (Å²) in [6.45, 7) is 2.26. The molecule has 1 saturated heterocycles. The van der Waals surface area contributed by atoms with Crippen molar-refractivity contribution in [1.29, 1.82) is 0 Å². The Hall–Kier alpha value is -2.28. The third kappa shape index (κ3) is 5.41. The smallest absolute Gasteiger partial charge is 0.241 e. The number of carbonyl (C=O) groups excluding carboxylic acids is 1. The minimum absolute atomic E-state index is 0.104. The highest BCUT2D eigenvalue weighted by atomic mass is 19.1. The fourth-order valence-electron chi connectivity index (χ4n) is 4.32. The monoisotopic (exact) mass is 400 g/mol. The summed E-state index contributed by atoms with van der Waals surface area (Å²) >= 11 is 0. The minimum Gasteiger partial charge on any atom is -0.353 e. The lowest BCUT2D eigenvalue weighted by molar-refractivity contribution is -0.127. The Labute approximate surface area is 170 Å². The third-order valence-corrected chi connectivity index (χ3v) is 6.09. The first-order chi connectivity index (χ1) is 14.2. The summed E-state index contributed by atoms with van der Waals surface area (Å²) in [5.41, 5.74) is 0.732. The number of hydrogen-bond acceptors (Lipinski definition) is 5. The number of rotatable bonds is 5. The van der Waals surface area contributed by atoms with Crippen molar-refractivity contribution in [3.05, 3.63) is 36.0 Å². The topological polar surface area (TPSA) is 71.3 Å². The van der Waals surface area contributed by atoms with E-state index in [4.69, 9.17) is 4.52 Å². The Morgan fingerprint density at radius 3 is 2.45 bits per heavy atom. The quantitative estimate of drug-likeness (QED) is 0.770. The molecule has 2 aliphatic rings. The average Bonchev–Trinajstić information content (AvgIpc) is 3.04. The number of nitrogens with zero attached hydrogens (tertiary/aromatic N) is 3. The largest absolute Gasteiger partial charge is 0.353 e. The highest BCUT2D eigenvalue weighted by molar-refractivity contribution is 5.79. The zero-order valence-electron chi connectivity index (χ0n) is 16.8. The summed E-state index contributed by atoms with van der Waals surface area (Å²) in [5.74, 6) is 1.06. The maximum atomic E-state index is 13.1. The van der Waals surface area contributed by atoms with Crippen LogP contribution in [0.15, 0.2) is 28.8 Å². The molecule has 1 aromatic carbocycles. The Bertz CT molecular complexity index is 791. The van der Waals surface area contributed by atoms with Crippen molar-refractivity contribution in [3.63, 3.8) is 0 Å². The molecular weight excluding hydrogens is 371 g/mol. The molecule has 1 N–H and O–H groups in total. The van der Waals surface area contributed by atoms with Crippen LogP contribution in [0.5, 0.6) is 0 Å². The van der Waals surface area contributed by atoms with Gasteiger partial charge in [-0.2, -0.15) is 4.98 Å². The second-order valence-corrected chi connectivity index (χ2v) is 8.27. The maximum absolute atomic E-state index is 13.1. The van der Waals surface area contributed by atoms with Crippen molar-refractivity contribution >= 4 is 5.91 Å². The second kappa shape index (κ2) is 9.48. The van der Waals surface area contributed by atoms with Crippen LogP contribution in [-0.4, -0.2) is 40.1 Å². The molecule has 7 heteroatoms. The summed E-state index contributed by atoms with van der Waals surface area (Å²) in [6.07, 6.45) is 9.01. The Morgan fingerprint density at radius 1 is 1.07 bits per heavy atom. The molecule has 2 heterocycles. The molecule has 1 amide bonds. The number of benzene rings is 1. The van der Waals surface area contributed by atoms with E-state index in [1.54, 1.807) is 12.1 Å². The maximum Gasteiger partial charge on any atom is 0.241 e. The average molecular weight is 400 g/mol. The summed E-state index contributed by atoms with van der Waals surface area (Å²) in [6, 6.07) is 6.42. The number of carbonyl (C=O) groups is 1. The summed E-state index contributed by atoms with van der Waals surface area (Å²) in [4.78, 5) is 19.3. The van der Waals surface area contributed by atoms with Crippen LogP contribution >= 0.6 is 0 Å². The number of nitrogens with one attached hydrogen (secondary N) is 1. The van der Waals surface area contributed by atoms with Crippen molar-refractivity contribution in [1.82, 2.24) is 20.4 Å². The van der Waals surface area contributed by atoms with Gasteiger partial charge in [-0.15, -0.1) is 0 Å². The molecule has 0 spiro atoms. The van der Waals surface area contributed by atoms with Gasteiger partial charge in [-0.3, -0.25) is 9.69 Å². The number of aromatic nitrogens is 2. The van der Waals surface area contributed by atoms with Crippen LogP contribution in [-0.2, 0) is 11.3 Å². The van der Waals surface area contributed by atoms with Crippen LogP contribution in [0, 0.1) is 11.7 Å². The van der Waals surface area contributed by atoms with Crippen molar-refractivity contribution in [2.24, 2.45) is 5.92 Å². The van der Waals surface area contributed by atoms with Gasteiger partial charge < -0.3 is 9.84 Å². The lowest BCUT2D eigenvalue weighted by atomic mass is 9.95. The molecular formula is C22H29FN4O2. The van der Waals surface area contributed by atoms with E-state index >= 15 is 0 Å². The molecule has 0 atom stereocenters. The molecule has 0 bridgehead atoms. The molecule has 1 aliphatic heterocycles. The molecule has 0 unspecified atom stereocenters. The van der Waals surface area contributed by atoms with Gasteiger partial charge in [0.25, 0.3) is 0 Å². The molecule has 2 fully saturated rings.